The van der Waals surface area contributed by atoms with Gasteiger partial charge in [0.1, 0.15) is 0 Å². The van der Waals surface area contributed by atoms with E-state index in [1.165, 1.54) is 16.7 Å². The van der Waals surface area contributed by atoms with Gasteiger partial charge in [-0.05, 0) is 0 Å². The van der Waals surface area contributed by atoms with E-state index in [0.29, 0.717) is 11.6 Å². The van der Waals surface area contributed by atoms with E-state index in [2.05, 4.69) is 46.9 Å². The first kappa shape index (κ1) is 27.0. The molecule has 1 aromatic rings. The summed E-state index contributed by atoms with van der Waals surface area (Å²) in [4.78, 5) is 0. The summed E-state index contributed by atoms with van der Waals surface area (Å²) in [6.07, 6.45) is 3.36. The SMILES string of the molecule is CC1=[C-]C(C)C(C)=C1C.C[Si](C)=[Zr+2].[Cl-].[Cl-].[NH-]c1ccccc1. The van der Waals surface area contributed by atoms with Crippen LogP contribution in [0.4, 0.5) is 5.69 Å². The van der Waals surface area contributed by atoms with Gasteiger partial charge in [-0.3, -0.25) is 6.08 Å². The Labute approximate surface area is 164 Å². The van der Waals surface area contributed by atoms with E-state index in [1.807, 2.05) is 18.2 Å². The molecule has 1 aromatic carbocycles. The first-order chi connectivity index (χ1) is 9.25. The monoisotopic (exact) mass is 431 g/mol. The second-order valence-corrected chi connectivity index (χ2v) is 14.5. The summed E-state index contributed by atoms with van der Waals surface area (Å²) in [5, 5.41) is 0. The molecule has 122 valence electrons. The van der Waals surface area contributed by atoms with E-state index in [4.69, 9.17) is 5.73 Å². The summed E-state index contributed by atoms with van der Waals surface area (Å²) in [6.45, 7) is 13.3. The molecule has 0 aromatic heterocycles. The van der Waals surface area contributed by atoms with Crippen LogP contribution in [-0.2, 0) is 23.3 Å². The second kappa shape index (κ2) is 14.8. The molecule has 1 aliphatic carbocycles. The standard InChI is InChI=1S/C9H13.C6H6N.C2H6Si.2ClH.Zr/c1-6-5-7(2)9(4)8(6)3;7-6-4-2-1-3-5-6;1-3-2;;;/h6H,1-4H3;1-5,7H;1-2H3;2*1H;/q2*-1;;;;+2/p-2. The largest absolute Gasteiger partial charge is 1.00 e. The van der Waals surface area contributed by atoms with Crippen LogP contribution >= 0.6 is 0 Å². The van der Waals surface area contributed by atoms with Crippen molar-refractivity contribution in [3.8, 4) is 0 Å². The van der Waals surface area contributed by atoms with Crippen LogP contribution in [-0.4, -0.2) is 5.43 Å². The van der Waals surface area contributed by atoms with Gasteiger partial charge in [0.2, 0.25) is 0 Å². The number of allylic oxidation sites excluding steroid dienone is 4. The Balaban J connectivity index is -0.000000252. The summed E-state index contributed by atoms with van der Waals surface area (Å²) < 4.78 is 0. The van der Waals surface area contributed by atoms with Crippen molar-refractivity contribution in [2.75, 3.05) is 0 Å². The number of hydrogen-bond acceptors (Lipinski definition) is 0. The van der Waals surface area contributed by atoms with Crippen LogP contribution in [0.3, 0.4) is 0 Å². The van der Waals surface area contributed by atoms with Gasteiger partial charge in [0.25, 0.3) is 0 Å². The normalized spacial score (nSPS) is 15.1. The van der Waals surface area contributed by atoms with Gasteiger partial charge in [0.05, 0.1) is 0 Å². The maximum atomic E-state index is 7.00. The van der Waals surface area contributed by atoms with Crippen molar-refractivity contribution in [2.45, 2.75) is 40.8 Å². The van der Waals surface area contributed by atoms with Crippen LogP contribution in [0, 0.1) is 12.0 Å². The van der Waals surface area contributed by atoms with Crippen molar-refractivity contribution in [3.63, 3.8) is 0 Å². The summed E-state index contributed by atoms with van der Waals surface area (Å²) >= 11 is 1.74. The van der Waals surface area contributed by atoms with Gasteiger partial charge in [-0.15, -0.1) is 12.6 Å². The molecule has 0 radical (unpaired) electrons. The Kier molecular flexibility index (Phi) is 18.1. The van der Waals surface area contributed by atoms with Crippen LogP contribution in [0.2, 0.25) is 13.1 Å². The summed E-state index contributed by atoms with van der Waals surface area (Å²) in [5.74, 6) is 0.560. The molecule has 22 heavy (non-hydrogen) atoms. The van der Waals surface area contributed by atoms with Crippen LogP contribution in [0.5, 0.6) is 0 Å². The number of rotatable bonds is 0. The van der Waals surface area contributed by atoms with Crippen molar-refractivity contribution in [2.24, 2.45) is 5.92 Å². The fourth-order valence-electron chi connectivity index (χ4n) is 1.60. The summed E-state index contributed by atoms with van der Waals surface area (Å²) in [5.41, 5.74) is 12.0. The van der Waals surface area contributed by atoms with Crippen LogP contribution < -0.4 is 24.8 Å². The van der Waals surface area contributed by atoms with Gasteiger partial charge < -0.3 is 30.5 Å². The average molecular weight is 434 g/mol. The zero-order valence-corrected chi connectivity index (χ0v) is 19.2. The van der Waals surface area contributed by atoms with Gasteiger partial charge in [-0.25, -0.2) is 5.57 Å². The summed E-state index contributed by atoms with van der Waals surface area (Å²) in [7, 11) is 0. The maximum absolute atomic E-state index is 7.00. The predicted octanol–water partition coefficient (Wildman–Crippen LogP) is -0.115. The maximum Gasteiger partial charge on any atom is -0.0624 e. The predicted molar refractivity (Wildman–Crippen MR) is 87.9 cm³/mol. The quantitative estimate of drug-likeness (QED) is 0.403. The molecule has 5 heteroatoms. The Hall–Kier alpha value is 0.180. The number of benzene rings is 1. The Morgan fingerprint density at radius 3 is 1.59 bits per heavy atom. The number of nitrogens with one attached hydrogen (secondary N) is 1. The van der Waals surface area contributed by atoms with E-state index in [0.717, 1.165) is 0 Å². The fourth-order valence-corrected chi connectivity index (χ4v) is 1.60. The first-order valence-corrected chi connectivity index (χ1v) is 13.0. The molecule has 0 amide bonds. The molecular formula is C17H25Cl2NSiZr-2. The Morgan fingerprint density at radius 2 is 1.45 bits per heavy atom. The minimum Gasteiger partial charge on any atom is -1.00 e. The third kappa shape index (κ3) is 12.7. The van der Waals surface area contributed by atoms with Crippen LogP contribution in [0.25, 0.3) is 5.73 Å². The van der Waals surface area contributed by atoms with E-state index < -0.39 is 0 Å². The van der Waals surface area contributed by atoms with E-state index in [-0.39, 0.29) is 30.2 Å². The van der Waals surface area contributed by atoms with Gasteiger partial charge >= 0.3 is 41.9 Å². The topological polar surface area (TPSA) is 23.8 Å². The molecule has 0 aliphatic heterocycles. The summed E-state index contributed by atoms with van der Waals surface area (Å²) in [6, 6.07) is 9.10. The van der Waals surface area contributed by atoms with E-state index in [9.17, 15) is 0 Å². The van der Waals surface area contributed by atoms with Crippen LogP contribution in [0.1, 0.15) is 27.7 Å². The van der Waals surface area contributed by atoms with Crippen molar-refractivity contribution in [1.82, 2.24) is 0 Å². The molecule has 0 heterocycles. The third-order valence-corrected chi connectivity index (χ3v) is 3.01. The van der Waals surface area contributed by atoms with Crippen molar-refractivity contribution >= 4 is 11.1 Å². The molecular weight excluding hydrogens is 408 g/mol. The van der Waals surface area contributed by atoms with Gasteiger partial charge in [-0.2, -0.15) is 11.1 Å². The van der Waals surface area contributed by atoms with Crippen molar-refractivity contribution in [1.29, 1.82) is 0 Å². The molecule has 0 bridgehead atoms. The first-order valence-electron chi connectivity index (χ1n) is 6.82. The molecule has 1 aliphatic rings. The zero-order chi connectivity index (χ0) is 15.7. The molecule has 0 spiro atoms. The number of halogens is 2. The molecule has 1 atom stereocenters. The van der Waals surface area contributed by atoms with Crippen molar-refractivity contribution < 1.29 is 48.1 Å². The van der Waals surface area contributed by atoms with Crippen LogP contribution in [0.15, 0.2) is 47.1 Å². The Bertz CT molecular complexity index is 495. The Morgan fingerprint density at radius 1 is 1.05 bits per heavy atom. The molecule has 1 N–H and O–H groups in total. The third-order valence-electron chi connectivity index (χ3n) is 3.01. The molecule has 1 unspecified atom stereocenters. The average Bonchev–Trinajstić information content (AvgIpc) is 2.57. The molecule has 2 rings (SSSR count). The zero-order valence-electron chi connectivity index (χ0n) is 14.2. The minimum atomic E-state index is 0. The fraction of sp³-hybridized carbons (Fsp3) is 0.412. The van der Waals surface area contributed by atoms with Gasteiger partial charge in [-0.1, -0.05) is 57.0 Å². The molecule has 0 saturated heterocycles. The number of hydrogen-bond donors (Lipinski definition) is 0. The van der Waals surface area contributed by atoms with E-state index in [1.54, 1.807) is 35.5 Å². The molecule has 0 saturated carbocycles. The van der Waals surface area contributed by atoms with E-state index >= 15 is 0 Å². The second-order valence-electron chi connectivity index (χ2n) is 5.17. The van der Waals surface area contributed by atoms with Crippen molar-refractivity contribution in [3.05, 3.63) is 58.9 Å². The minimum absolute atomic E-state index is 0. The molecule has 0 fully saturated rings. The molecule has 1 nitrogen and oxygen atoms in total. The van der Waals surface area contributed by atoms with Gasteiger partial charge in [0.15, 0.2) is 0 Å². The van der Waals surface area contributed by atoms with Gasteiger partial charge in [0, 0.05) is 0 Å². The smallest absolute Gasteiger partial charge is 0.0624 e.